The van der Waals surface area contributed by atoms with Gasteiger partial charge in [-0.1, -0.05) is 22.0 Å². The summed E-state index contributed by atoms with van der Waals surface area (Å²) in [6.45, 7) is 4.87. The quantitative estimate of drug-likeness (QED) is 0.752. The number of unbranched alkanes of at least 4 members (excludes halogenated alkanes) is 1. The molecule has 0 radical (unpaired) electrons. The first-order valence-electron chi connectivity index (χ1n) is 7.68. The standard InChI is InChI=1S/C15H25BrN2O2/c16-13-4-6-14(7-5-13)17-15(19)3-1-2-8-18-9-11-20-12-10-18/h4,14H,1-3,5-12H2,(H,17,19)/t14-/m1/s1. The highest BCUT2D eigenvalue weighted by atomic mass is 79.9. The Bertz CT molecular complexity index is 341. The first kappa shape index (κ1) is 16.0. The Morgan fingerprint density at radius 1 is 1.40 bits per heavy atom. The fraction of sp³-hybridized carbons (Fsp3) is 0.800. The molecule has 0 aromatic carbocycles. The van der Waals surface area contributed by atoms with E-state index in [1.54, 1.807) is 0 Å². The van der Waals surface area contributed by atoms with E-state index in [1.807, 2.05) is 0 Å². The van der Waals surface area contributed by atoms with Crippen LogP contribution in [0.1, 0.15) is 38.5 Å². The number of carbonyl (C=O) groups is 1. The van der Waals surface area contributed by atoms with E-state index in [1.165, 1.54) is 4.48 Å². The molecular formula is C15H25BrN2O2. The maximum atomic E-state index is 11.9. The number of hydrogen-bond acceptors (Lipinski definition) is 3. The summed E-state index contributed by atoms with van der Waals surface area (Å²) in [5.41, 5.74) is 0. The van der Waals surface area contributed by atoms with E-state index in [9.17, 15) is 4.79 Å². The molecule has 1 amide bonds. The van der Waals surface area contributed by atoms with Crippen LogP contribution < -0.4 is 5.32 Å². The highest BCUT2D eigenvalue weighted by Crippen LogP contribution is 2.22. The van der Waals surface area contributed by atoms with Crippen LogP contribution in [0.2, 0.25) is 0 Å². The molecule has 1 N–H and O–H groups in total. The average molecular weight is 345 g/mol. The molecule has 4 nitrogen and oxygen atoms in total. The van der Waals surface area contributed by atoms with E-state index in [0.29, 0.717) is 12.5 Å². The van der Waals surface area contributed by atoms with Gasteiger partial charge in [-0.3, -0.25) is 9.69 Å². The van der Waals surface area contributed by atoms with Crippen LogP contribution in [0.4, 0.5) is 0 Å². The Morgan fingerprint density at radius 2 is 2.20 bits per heavy atom. The minimum atomic E-state index is 0.211. The number of nitrogens with zero attached hydrogens (tertiary/aromatic N) is 1. The van der Waals surface area contributed by atoms with Crippen molar-refractivity contribution in [1.29, 1.82) is 0 Å². The third kappa shape index (κ3) is 5.94. The van der Waals surface area contributed by atoms with Crippen LogP contribution in [0.5, 0.6) is 0 Å². The van der Waals surface area contributed by atoms with Crippen LogP contribution in [0.15, 0.2) is 10.6 Å². The van der Waals surface area contributed by atoms with E-state index >= 15 is 0 Å². The van der Waals surface area contributed by atoms with Crippen molar-refractivity contribution in [3.05, 3.63) is 10.6 Å². The molecule has 114 valence electrons. The Hall–Kier alpha value is -0.390. The van der Waals surface area contributed by atoms with Gasteiger partial charge in [0.15, 0.2) is 0 Å². The number of rotatable bonds is 6. The van der Waals surface area contributed by atoms with Crippen molar-refractivity contribution in [1.82, 2.24) is 10.2 Å². The number of amides is 1. The molecule has 0 saturated carbocycles. The fourth-order valence-corrected chi connectivity index (χ4v) is 3.09. The summed E-state index contributed by atoms with van der Waals surface area (Å²) in [6, 6.07) is 0.336. The summed E-state index contributed by atoms with van der Waals surface area (Å²) in [7, 11) is 0. The number of ether oxygens (including phenoxy) is 1. The van der Waals surface area contributed by atoms with Gasteiger partial charge in [-0.25, -0.2) is 0 Å². The topological polar surface area (TPSA) is 41.6 Å². The van der Waals surface area contributed by atoms with E-state index in [0.717, 1.165) is 65.0 Å². The monoisotopic (exact) mass is 344 g/mol. The Labute approximate surface area is 130 Å². The van der Waals surface area contributed by atoms with Crippen LogP contribution >= 0.6 is 15.9 Å². The van der Waals surface area contributed by atoms with Crippen LogP contribution in [-0.2, 0) is 9.53 Å². The number of hydrogen-bond donors (Lipinski definition) is 1. The molecule has 1 saturated heterocycles. The molecule has 0 aromatic heterocycles. The minimum Gasteiger partial charge on any atom is -0.379 e. The fourth-order valence-electron chi connectivity index (χ4n) is 2.68. The molecule has 1 atom stereocenters. The lowest BCUT2D eigenvalue weighted by atomic mass is 10.0. The lowest BCUT2D eigenvalue weighted by Gasteiger charge is -2.26. The Kier molecular flexibility index (Phi) is 7.03. The van der Waals surface area contributed by atoms with Gasteiger partial charge in [0, 0.05) is 25.6 Å². The molecule has 1 aliphatic carbocycles. The molecule has 1 aliphatic heterocycles. The summed E-state index contributed by atoms with van der Waals surface area (Å²) in [5, 5.41) is 3.14. The molecule has 5 heteroatoms. The van der Waals surface area contributed by atoms with Gasteiger partial charge in [0.25, 0.3) is 0 Å². The first-order valence-corrected chi connectivity index (χ1v) is 8.47. The van der Waals surface area contributed by atoms with Gasteiger partial charge in [-0.2, -0.15) is 0 Å². The smallest absolute Gasteiger partial charge is 0.220 e. The van der Waals surface area contributed by atoms with Gasteiger partial charge < -0.3 is 10.1 Å². The van der Waals surface area contributed by atoms with Crippen molar-refractivity contribution in [3.8, 4) is 0 Å². The summed E-state index contributed by atoms with van der Waals surface area (Å²) < 4.78 is 6.59. The lowest BCUT2D eigenvalue weighted by Crippen LogP contribution is -2.37. The maximum absolute atomic E-state index is 11.9. The van der Waals surface area contributed by atoms with Gasteiger partial charge >= 0.3 is 0 Å². The SMILES string of the molecule is O=C(CCCCN1CCOCC1)N[C@@H]1CC=C(Br)CC1. The number of allylic oxidation sites excluding steroid dienone is 1. The van der Waals surface area contributed by atoms with Gasteiger partial charge in [0.05, 0.1) is 13.2 Å². The summed E-state index contributed by atoms with van der Waals surface area (Å²) in [6.07, 6.45) is 7.97. The van der Waals surface area contributed by atoms with Crippen LogP contribution in [-0.4, -0.2) is 49.7 Å². The van der Waals surface area contributed by atoms with Crippen molar-refractivity contribution in [3.63, 3.8) is 0 Å². The zero-order chi connectivity index (χ0) is 14.2. The summed E-state index contributed by atoms with van der Waals surface area (Å²) in [4.78, 5) is 14.3. The second-order valence-electron chi connectivity index (χ2n) is 5.60. The summed E-state index contributed by atoms with van der Waals surface area (Å²) >= 11 is 3.51. The predicted molar refractivity (Wildman–Crippen MR) is 83.9 cm³/mol. The molecule has 0 spiro atoms. The van der Waals surface area contributed by atoms with E-state index in [4.69, 9.17) is 4.74 Å². The van der Waals surface area contributed by atoms with Gasteiger partial charge in [0.1, 0.15) is 0 Å². The third-order valence-corrected chi connectivity index (χ3v) is 4.67. The maximum Gasteiger partial charge on any atom is 0.220 e. The molecule has 0 bridgehead atoms. The average Bonchev–Trinajstić information content (AvgIpc) is 2.47. The van der Waals surface area contributed by atoms with E-state index in [2.05, 4.69) is 32.2 Å². The van der Waals surface area contributed by atoms with Crippen LogP contribution in [0.25, 0.3) is 0 Å². The van der Waals surface area contributed by atoms with Gasteiger partial charge in [0.2, 0.25) is 5.91 Å². The highest BCUT2D eigenvalue weighted by Gasteiger charge is 2.15. The number of halogens is 1. The molecule has 20 heavy (non-hydrogen) atoms. The van der Waals surface area contributed by atoms with Crippen molar-refractivity contribution in [2.45, 2.75) is 44.6 Å². The molecule has 2 rings (SSSR count). The van der Waals surface area contributed by atoms with Crippen molar-refractivity contribution in [2.24, 2.45) is 0 Å². The van der Waals surface area contributed by atoms with Crippen LogP contribution in [0, 0.1) is 0 Å². The molecule has 0 aromatic rings. The number of nitrogens with one attached hydrogen (secondary N) is 1. The van der Waals surface area contributed by atoms with Gasteiger partial charge in [-0.05, 0) is 43.1 Å². The van der Waals surface area contributed by atoms with Crippen molar-refractivity contribution >= 4 is 21.8 Å². The Balaban J connectivity index is 1.51. The number of carbonyl (C=O) groups excluding carboxylic acids is 1. The molecule has 0 unspecified atom stereocenters. The zero-order valence-corrected chi connectivity index (χ0v) is 13.7. The van der Waals surface area contributed by atoms with Crippen molar-refractivity contribution in [2.75, 3.05) is 32.8 Å². The lowest BCUT2D eigenvalue weighted by molar-refractivity contribution is -0.122. The molecule has 2 aliphatic rings. The van der Waals surface area contributed by atoms with Crippen molar-refractivity contribution < 1.29 is 9.53 Å². The summed E-state index contributed by atoms with van der Waals surface area (Å²) in [5.74, 6) is 0.211. The largest absolute Gasteiger partial charge is 0.379 e. The normalized spacial score (nSPS) is 24.2. The van der Waals surface area contributed by atoms with Crippen LogP contribution in [0.3, 0.4) is 0 Å². The number of morpholine rings is 1. The first-order chi connectivity index (χ1) is 9.74. The predicted octanol–water partition coefficient (Wildman–Crippen LogP) is 2.44. The minimum absolute atomic E-state index is 0.211. The van der Waals surface area contributed by atoms with E-state index in [-0.39, 0.29) is 5.91 Å². The molecule has 1 fully saturated rings. The van der Waals surface area contributed by atoms with Gasteiger partial charge in [-0.15, -0.1) is 0 Å². The molecule has 1 heterocycles. The zero-order valence-electron chi connectivity index (χ0n) is 12.1. The highest BCUT2D eigenvalue weighted by molar-refractivity contribution is 9.11. The van der Waals surface area contributed by atoms with E-state index < -0.39 is 0 Å². The second kappa shape index (κ2) is 8.80. The Morgan fingerprint density at radius 3 is 2.90 bits per heavy atom. The third-order valence-electron chi connectivity index (χ3n) is 3.95. The molecular weight excluding hydrogens is 320 g/mol. The second-order valence-corrected chi connectivity index (χ2v) is 6.62.